The Balaban J connectivity index is 1.98. The monoisotopic (exact) mass is 241 g/mol. The van der Waals surface area contributed by atoms with Gasteiger partial charge in [-0.1, -0.05) is 0 Å². The molecule has 2 aliphatic rings. The molecule has 0 aromatic carbocycles. The van der Waals surface area contributed by atoms with Crippen molar-refractivity contribution in [3.8, 4) is 0 Å². The minimum atomic E-state index is -0.663. The summed E-state index contributed by atoms with van der Waals surface area (Å²) in [5.41, 5.74) is -0.642. The number of hydrogen-bond acceptors (Lipinski definition) is 3. The Morgan fingerprint density at radius 2 is 2.12 bits per heavy atom. The lowest BCUT2D eigenvalue weighted by molar-refractivity contribution is -0.153. The van der Waals surface area contributed by atoms with Gasteiger partial charge in [-0.05, 0) is 51.5 Å². The Hall–Kier alpha value is -0.610. The smallest absolute Gasteiger partial charge is 0.323 e. The lowest BCUT2D eigenvalue weighted by Crippen LogP contribution is -2.56. The highest BCUT2D eigenvalue weighted by molar-refractivity contribution is 5.78. The van der Waals surface area contributed by atoms with Crippen LogP contribution in [0.2, 0.25) is 0 Å². The topological polar surface area (TPSA) is 49.8 Å². The number of carboxylic acid groups (broad SMARTS) is 1. The molecule has 4 nitrogen and oxygen atoms in total. The summed E-state index contributed by atoms with van der Waals surface area (Å²) in [6, 6.07) is 0. The number of nitrogens with zero attached hydrogens (tertiary/aromatic N) is 1. The molecular weight excluding hydrogens is 218 g/mol. The van der Waals surface area contributed by atoms with Crippen molar-refractivity contribution in [1.29, 1.82) is 0 Å². The van der Waals surface area contributed by atoms with E-state index in [2.05, 4.69) is 4.90 Å². The van der Waals surface area contributed by atoms with E-state index in [9.17, 15) is 9.90 Å². The van der Waals surface area contributed by atoms with E-state index >= 15 is 0 Å². The lowest BCUT2D eigenvalue weighted by atomic mass is 9.86. The van der Waals surface area contributed by atoms with Crippen molar-refractivity contribution in [3.05, 3.63) is 0 Å². The van der Waals surface area contributed by atoms with Crippen LogP contribution >= 0.6 is 0 Å². The zero-order valence-corrected chi connectivity index (χ0v) is 10.7. The molecule has 98 valence electrons. The van der Waals surface area contributed by atoms with Crippen molar-refractivity contribution < 1.29 is 14.6 Å². The molecule has 0 aromatic heterocycles. The number of piperidine rings is 1. The molecule has 0 bridgehead atoms. The molecule has 0 amide bonds. The minimum Gasteiger partial charge on any atom is -0.480 e. The Morgan fingerprint density at radius 1 is 1.41 bits per heavy atom. The molecule has 17 heavy (non-hydrogen) atoms. The standard InChI is InChI=1S/C13H23NO3/c1-13(12(15)16)6-2-3-7-14(13)10-11-4-8-17-9-5-11/h11H,2-10H2,1H3,(H,15,16). The Labute approximate surface area is 103 Å². The van der Waals surface area contributed by atoms with Gasteiger partial charge in [-0.2, -0.15) is 0 Å². The van der Waals surface area contributed by atoms with Gasteiger partial charge in [0, 0.05) is 19.8 Å². The second kappa shape index (κ2) is 5.36. The first kappa shape index (κ1) is 12.8. The molecule has 0 saturated carbocycles. The maximum absolute atomic E-state index is 11.5. The van der Waals surface area contributed by atoms with Crippen LogP contribution in [-0.2, 0) is 9.53 Å². The van der Waals surface area contributed by atoms with Gasteiger partial charge in [-0.25, -0.2) is 0 Å². The summed E-state index contributed by atoms with van der Waals surface area (Å²) in [5.74, 6) is -0.0511. The van der Waals surface area contributed by atoms with Gasteiger partial charge in [-0.3, -0.25) is 9.69 Å². The fourth-order valence-electron chi connectivity index (χ4n) is 2.95. The van der Waals surface area contributed by atoms with E-state index in [1.807, 2.05) is 6.92 Å². The van der Waals surface area contributed by atoms with Gasteiger partial charge in [0.25, 0.3) is 0 Å². The highest BCUT2D eigenvalue weighted by Crippen LogP contribution is 2.30. The summed E-state index contributed by atoms with van der Waals surface area (Å²) in [6.07, 6.45) is 5.10. The largest absolute Gasteiger partial charge is 0.480 e. The molecular formula is C13H23NO3. The molecule has 2 aliphatic heterocycles. The van der Waals surface area contributed by atoms with E-state index in [0.717, 1.165) is 58.4 Å². The van der Waals surface area contributed by atoms with Crippen LogP contribution in [-0.4, -0.2) is 47.8 Å². The maximum Gasteiger partial charge on any atom is 0.323 e. The van der Waals surface area contributed by atoms with E-state index in [0.29, 0.717) is 5.92 Å². The number of aliphatic carboxylic acids is 1. The number of carboxylic acids is 1. The van der Waals surface area contributed by atoms with Crippen molar-refractivity contribution in [2.24, 2.45) is 5.92 Å². The second-order valence-corrected chi connectivity index (χ2v) is 5.54. The third-order valence-electron chi connectivity index (χ3n) is 4.32. The fraction of sp³-hybridized carbons (Fsp3) is 0.923. The Bertz CT molecular complexity index is 276. The summed E-state index contributed by atoms with van der Waals surface area (Å²) in [4.78, 5) is 13.7. The number of likely N-dealkylation sites (tertiary alicyclic amines) is 1. The molecule has 2 heterocycles. The molecule has 0 aliphatic carbocycles. The normalized spacial score (nSPS) is 32.5. The van der Waals surface area contributed by atoms with Crippen LogP contribution in [0.5, 0.6) is 0 Å². The Kier molecular flexibility index (Phi) is 4.05. The first-order valence-electron chi connectivity index (χ1n) is 6.69. The van der Waals surface area contributed by atoms with Gasteiger partial charge in [-0.15, -0.1) is 0 Å². The fourth-order valence-corrected chi connectivity index (χ4v) is 2.95. The molecule has 2 fully saturated rings. The highest BCUT2D eigenvalue weighted by Gasteiger charge is 2.41. The van der Waals surface area contributed by atoms with E-state index in [4.69, 9.17) is 4.74 Å². The first-order chi connectivity index (χ1) is 8.13. The summed E-state index contributed by atoms with van der Waals surface area (Å²) in [7, 11) is 0. The molecule has 0 aromatic rings. The van der Waals surface area contributed by atoms with Crippen LogP contribution in [0.15, 0.2) is 0 Å². The maximum atomic E-state index is 11.5. The van der Waals surface area contributed by atoms with Crippen LogP contribution < -0.4 is 0 Å². The summed E-state index contributed by atoms with van der Waals surface area (Å²) >= 11 is 0. The second-order valence-electron chi connectivity index (χ2n) is 5.54. The van der Waals surface area contributed by atoms with E-state index < -0.39 is 11.5 Å². The van der Waals surface area contributed by atoms with Gasteiger partial charge in [0.15, 0.2) is 0 Å². The summed E-state index contributed by atoms with van der Waals surface area (Å²) < 4.78 is 5.35. The van der Waals surface area contributed by atoms with Gasteiger partial charge in [0.05, 0.1) is 0 Å². The van der Waals surface area contributed by atoms with E-state index in [1.54, 1.807) is 0 Å². The number of carbonyl (C=O) groups is 1. The summed E-state index contributed by atoms with van der Waals surface area (Å²) in [5, 5.41) is 9.43. The van der Waals surface area contributed by atoms with Crippen molar-refractivity contribution >= 4 is 5.97 Å². The van der Waals surface area contributed by atoms with Crippen molar-refractivity contribution in [2.45, 2.75) is 44.6 Å². The molecule has 0 spiro atoms. The van der Waals surface area contributed by atoms with Gasteiger partial charge in [0.1, 0.15) is 5.54 Å². The summed E-state index contributed by atoms with van der Waals surface area (Å²) in [6.45, 7) is 5.41. The molecule has 1 atom stereocenters. The molecule has 1 N–H and O–H groups in total. The Morgan fingerprint density at radius 3 is 2.76 bits per heavy atom. The molecule has 4 heteroatoms. The third-order valence-corrected chi connectivity index (χ3v) is 4.32. The SMILES string of the molecule is CC1(C(=O)O)CCCCN1CC1CCOCC1. The predicted molar refractivity (Wildman–Crippen MR) is 65.0 cm³/mol. The van der Waals surface area contributed by atoms with Crippen LogP contribution in [0.4, 0.5) is 0 Å². The number of ether oxygens (including phenoxy) is 1. The van der Waals surface area contributed by atoms with Gasteiger partial charge in [0.2, 0.25) is 0 Å². The number of hydrogen-bond donors (Lipinski definition) is 1. The minimum absolute atomic E-state index is 0.612. The van der Waals surface area contributed by atoms with Gasteiger partial charge >= 0.3 is 5.97 Å². The third kappa shape index (κ3) is 2.80. The zero-order valence-electron chi connectivity index (χ0n) is 10.7. The highest BCUT2D eigenvalue weighted by atomic mass is 16.5. The van der Waals surface area contributed by atoms with Crippen LogP contribution in [0.3, 0.4) is 0 Å². The van der Waals surface area contributed by atoms with Crippen molar-refractivity contribution in [1.82, 2.24) is 4.90 Å². The quantitative estimate of drug-likeness (QED) is 0.817. The van der Waals surface area contributed by atoms with E-state index in [-0.39, 0.29) is 0 Å². The van der Waals surface area contributed by atoms with Crippen LogP contribution in [0.1, 0.15) is 39.0 Å². The van der Waals surface area contributed by atoms with Crippen LogP contribution in [0, 0.1) is 5.92 Å². The van der Waals surface area contributed by atoms with Gasteiger partial charge < -0.3 is 9.84 Å². The number of rotatable bonds is 3. The van der Waals surface area contributed by atoms with Crippen molar-refractivity contribution in [3.63, 3.8) is 0 Å². The molecule has 2 rings (SSSR count). The van der Waals surface area contributed by atoms with Crippen LogP contribution in [0.25, 0.3) is 0 Å². The average molecular weight is 241 g/mol. The predicted octanol–water partition coefficient (Wildman–Crippen LogP) is 1.74. The molecule has 1 unspecified atom stereocenters. The zero-order chi connectivity index (χ0) is 12.3. The van der Waals surface area contributed by atoms with E-state index in [1.165, 1.54) is 0 Å². The lowest BCUT2D eigenvalue weighted by Gasteiger charge is -2.43. The first-order valence-corrected chi connectivity index (χ1v) is 6.69. The average Bonchev–Trinajstić information content (AvgIpc) is 2.33. The van der Waals surface area contributed by atoms with Crippen molar-refractivity contribution in [2.75, 3.05) is 26.3 Å². The molecule has 0 radical (unpaired) electrons. The molecule has 2 saturated heterocycles.